The number of hydrogen-bond donors (Lipinski definition) is 1. The van der Waals surface area contributed by atoms with Gasteiger partial charge < -0.3 is 24.1 Å². The number of fused-ring (bicyclic) bond motifs is 1. The SMILES string of the molecule is Cc1ccc(OC2CCN(C(=O)c3ccc4oc(C(=O)N[C@@H]5CCN(Cc6ccc(OC(F)(F)F)cc6)C[C@H]5F)cc4c3)CC2)cc1. The molecule has 0 radical (unpaired) electrons. The number of nitrogens with one attached hydrogen (secondary N) is 1. The molecule has 2 amide bonds. The lowest BCUT2D eigenvalue weighted by Gasteiger charge is -2.34. The molecule has 2 aliphatic rings. The molecule has 47 heavy (non-hydrogen) atoms. The summed E-state index contributed by atoms with van der Waals surface area (Å²) < 4.78 is 68.0. The molecule has 0 spiro atoms. The Morgan fingerprint density at radius 2 is 1.62 bits per heavy atom. The number of aryl methyl sites for hydroxylation is 1. The number of ether oxygens (including phenoxy) is 2. The van der Waals surface area contributed by atoms with E-state index < -0.39 is 24.5 Å². The average molecular weight is 654 g/mol. The van der Waals surface area contributed by atoms with Crippen molar-refractivity contribution in [2.45, 2.75) is 57.4 Å². The number of furan rings is 1. The summed E-state index contributed by atoms with van der Waals surface area (Å²) in [6, 6.07) is 19.2. The van der Waals surface area contributed by atoms with Crippen LogP contribution in [0.15, 0.2) is 77.2 Å². The highest BCUT2D eigenvalue weighted by Gasteiger charge is 2.33. The number of rotatable bonds is 8. The molecule has 3 aromatic carbocycles. The Labute approximate surface area is 269 Å². The van der Waals surface area contributed by atoms with Crippen molar-refractivity contribution < 1.29 is 41.0 Å². The zero-order chi connectivity index (χ0) is 33.1. The van der Waals surface area contributed by atoms with Crippen LogP contribution in [-0.2, 0) is 6.54 Å². The number of hydrogen-bond acceptors (Lipinski definition) is 6. The standard InChI is InChI=1S/C35H35F4N3O5/c1-22-2-7-26(8-3-22)45-27-12-16-42(17-13-27)34(44)24-6-11-31-25(18-24)19-32(46-31)33(43)40-30-14-15-41(21-29(30)36)20-23-4-9-28(10-5-23)47-35(37,38)39/h2-11,18-19,27,29-30H,12-17,20-21H2,1H3,(H,40,43)/t29-,30-/m1/s1. The van der Waals surface area contributed by atoms with Crippen LogP contribution in [0, 0.1) is 6.92 Å². The fourth-order valence-corrected chi connectivity index (χ4v) is 6.03. The molecule has 0 aliphatic carbocycles. The lowest BCUT2D eigenvalue weighted by Crippen LogP contribution is -2.52. The lowest BCUT2D eigenvalue weighted by atomic mass is 10.0. The third kappa shape index (κ3) is 8.23. The fraction of sp³-hybridized carbons (Fsp3) is 0.371. The maximum absolute atomic E-state index is 15.1. The maximum atomic E-state index is 15.1. The molecule has 3 heterocycles. The summed E-state index contributed by atoms with van der Waals surface area (Å²) >= 11 is 0. The predicted molar refractivity (Wildman–Crippen MR) is 166 cm³/mol. The van der Waals surface area contributed by atoms with Gasteiger partial charge >= 0.3 is 6.36 Å². The van der Waals surface area contributed by atoms with E-state index in [9.17, 15) is 22.8 Å². The smallest absolute Gasteiger partial charge is 0.490 e. The molecule has 1 N–H and O–H groups in total. The minimum atomic E-state index is -4.77. The maximum Gasteiger partial charge on any atom is 0.573 e. The van der Waals surface area contributed by atoms with E-state index in [1.165, 1.54) is 24.3 Å². The first-order valence-electron chi connectivity index (χ1n) is 15.6. The molecule has 2 fully saturated rings. The van der Waals surface area contributed by atoms with Gasteiger partial charge in [-0.1, -0.05) is 29.8 Å². The van der Waals surface area contributed by atoms with E-state index in [1.807, 2.05) is 36.1 Å². The molecule has 4 aromatic rings. The van der Waals surface area contributed by atoms with Crippen molar-refractivity contribution in [3.8, 4) is 11.5 Å². The second kappa shape index (κ2) is 13.6. The first-order valence-corrected chi connectivity index (χ1v) is 15.6. The Morgan fingerprint density at radius 3 is 2.30 bits per heavy atom. The molecule has 0 saturated carbocycles. The van der Waals surface area contributed by atoms with Gasteiger partial charge in [-0.3, -0.25) is 14.5 Å². The number of likely N-dealkylation sites (tertiary alicyclic amines) is 2. The van der Waals surface area contributed by atoms with Crippen molar-refractivity contribution in [2.24, 2.45) is 0 Å². The quantitative estimate of drug-likeness (QED) is 0.214. The van der Waals surface area contributed by atoms with Crippen LogP contribution in [0.4, 0.5) is 17.6 Å². The van der Waals surface area contributed by atoms with Crippen LogP contribution in [0.5, 0.6) is 11.5 Å². The van der Waals surface area contributed by atoms with Crippen LogP contribution in [0.3, 0.4) is 0 Å². The monoisotopic (exact) mass is 653 g/mol. The van der Waals surface area contributed by atoms with E-state index in [1.54, 1.807) is 29.2 Å². The van der Waals surface area contributed by atoms with Gasteiger partial charge in [0.1, 0.15) is 29.4 Å². The summed E-state index contributed by atoms with van der Waals surface area (Å²) in [5.74, 6) is -0.130. The molecule has 2 atom stereocenters. The van der Waals surface area contributed by atoms with Crippen LogP contribution in [0.1, 0.15) is 51.3 Å². The highest BCUT2D eigenvalue weighted by molar-refractivity contribution is 6.00. The fourth-order valence-electron chi connectivity index (χ4n) is 6.03. The van der Waals surface area contributed by atoms with Crippen molar-refractivity contribution in [2.75, 3.05) is 26.2 Å². The number of benzene rings is 3. The van der Waals surface area contributed by atoms with Crippen molar-refractivity contribution >= 4 is 22.8 Å². The summed E-state index contributed by atoms with van der Waals surface area (Å²) in [6.45, 7) is 4.03. The van der Waals surface area contributed by atoms with Crippen LogP contribution < -0.4 is 14.8 Å². The normalized spacial score (nSPS) is 19.5. The minimum absolute atomic E-state index is 0.0227. The van der Waals surface area contributed by atoms with Gasteiger partial charge in [-0.25, -0.2) is 4.39 Å². The Balaban J connectivity index is 0.995. The van der Waals surface area contributed by atoms with Crippen LogP contribution >= 0.6 is 0 Å². The molecule has 248 valence electrons. The van der Waals surface area contributed by atoms with E-state index in [-0.39, 0.29) is 30.1 Å². The Hall–Kier alpha value is -4.58. The highest BCUT2D eigenvalue weighted by Crippen LogP contribution is 2.26. The Morgan fingerprint density at radius 1 is 0.915 bits per heavy atom. The van der Waals surface area contributed by atoms with Gasteiger partial charge in [-0.2, -0.15) is 0 Å². The lowest BCUT2D eigenvalue weighted by molar-refractivity contribution is -0.274. The van der Waals surface area contributed by atoms with Gasteiger partial charge in [0, 0.05) is 56.5 Å². The minimum Gasteiger partial charge on any atom is -0.490 e. The Bertz CT molecular complexity index is 1700. The van der Waals surface area contributed by atoms with Gasteiger partial charge in [0.15, 0.2) is 5.76 Å². The first kappa shape index (κ1) is 32.4. The summed E-state index contributed by atoms with van der Waals surface area (Å²) in [5.41, 5.74) is 2.81. The van der Waals surface area contributed by atoms with Crippen molar-refractivity contribution in [1.82, 2.24) is 15.1 Å². The molecule has 12 heteroatoms. The van der Waals surface area contributed by atoms with E-state index in [4.69, 9.17) is 9.15 Å². The second-order valence-corrected chi connectivity index (χ2v) is 12.1. The molecule has 8 nitrogen and oxygen atoms in total. The van der Waals surface area contributed by atoms with Crippen LogP contribution in [0.2, 0.25) is 0 Å². The number of carbonyl (C=O) groups is 2. The largest absolute Gasteiger partial charge is 0.573 e. The van der Waals surface area contributed by atoms with E-state index in [0.717, 1.165) is 24.2 Å². The summed E-state index contributed by atoms with van der Waals surface area (Å²) in [4.78, 5) is 29.9. The molecule has 2 saturated heterocycles. The number of amides is 2. The number of halogens is 4. The topological polar surface area (TPSA) is 84.2 Å². The Kier molecular flexibility index (Phi) is 9.40. The van der Waals surface area contributed by atoms with E-state index in [2.05, 4.69) is 10.1 Å². The molecule has 0 unspecified atom stereocenters. The van der Waals surface area contributed by atoms with Crippen molar-refractivity contribution in [3.63, 3.8) is 0 Å². The summed E-state index contributed by atoms with van der Waals surface area (Å²) in [7, 11) is 0. The summed E-state index contributed by atoms with van der Waals surface area (Å²) in [6.07, 6.45) is -4.30. The third-order valence-corrected chi connectivity index (χ3v) is 8.55. The molecular weight excluding hydrogens is 618 g/mol. The van der Waals surface area contributed by atoms with Crippen molar-refractivity contribution in [3.05, 3.63) is 95.2 Å². The van der Waals surface area contributed by atoms with E-state index in [0.29, 0.717) is 54.7 Å². The number of alkyl halides is 4. The number of carbonyl (C=O) groups excluding carboxylic acids is 2. The molecule has 2 aliphatic heterocycles. The van der Waals surface area contributed by atoms with Gasteiger partial charge in [-0.15, -0.1) is 13.2 Å². The first-order chi connectivity index (χ1) is 22.5. The molecular formula is C35H35F4N3O5. The highest BCUT2D eigenvalue weighted by atomic mass is 19.4. The average Bonchev–Trinajstić information content (AvgIpc) is 3.48. The predicted octanol–water partition coefficient (Wildman–Crippen LogP) is 6.67. The molecule has 1 aromatic heterocycles. The molecule has 0 bridgehead atoms. The van der Waals surface area contributed by atoms with Crippen LogP contribution in [-0.4, -0.2) is 72.5 Å². The number of nitrogens with zero attached hydrogens (tertiary/aromatic N) is 2. The molecule has 6 rings (SSSR count). The second-order valence-electron chi connectivity index (χ2n) is 12.1. The third-order valence-electron chi connectivity index (χ3n) is 8.55. The van der Waals surface area contributed by atoms with Gasteiger partial charge in [0.05, 0.1) is 6.04 Å². The number of piperidine rings is 2. The zero-order valence-electron chi connectivity index (χ0n) is 25.8. The zero-order valence-corrected chi connectivity index (χ0v) is 25.8. The van der Waals surface area contributed by atoms with Gasteiger partial charge in [0.25, 0.3) is 11.8 Å². The van der Waals surface area contributed by atoms with Crippen molar-refractivity contribution in [1.29, 1.82) is 0 Å². The summed E-state index contributed by atoms with van der Waals surface area (Å²) in [5, 5.41) is 3.32. The van der Waals surface area contributed by atoms with Crippen LogP contribution in [0.25, 0.3) is 11.0 Å². The van der Waals surface area contributed by atoms with Gasteiger partial charge in [-0.05, 0) is 67.4 Å². The van der Waals surface area contributed by atoms with Gasteiger partial charge in [0.2, 0.25) is 0 Å². The van der Waals surface area contributed by atoms with E-state index >= 15 is 4.39 Å².